The zero-order valence-electron chi connectivity index (χ0n) is 10.9. The van der Waals surface area contributed by atoms with Crippen molar-refractivity contribution in [3.63, 3.8) is 0 Å². The van der Waals surface area contributed by atoms with Crippen LogP contribution in [0.1, 0.15) is 38.2 Å². The van der Waals surface area contributed by atoms with E-state index in [2.05, 4.69) is 36.5 Å². The molecule has 18 heavy (non-hydrogen) atoms. The number of benzene rings is 1. The summed E-state index contributed by atoms with van der Waals surface area (Å²) in [5.41, 5.74) is 1.18. The van der Waals surface area contributed by atoms with Crippen LogP contribution in [-0.2, 0) is 11.3 Å². The van der Waals surface area contributed by atoms with Crippen molar-refractivity contribution in [2.24, 2.45) is 5.92 Å². The fourth-order valence-corrected chi connectivity index (χ4v) is 3.05. The lowest BCUT2D eigenvalue weighted by molar-refractivity contribution is -0.124. The highest BCUT2D eigenvalue weighted by Crippen LogP contribution is 2.24. The predicted molar refractivity (Wildman–Crippen MR) is 76.6 cm³/mol. The normalized spacial score (nSPS) is 15.8. The van der Waals surface area contributed by atoms with Gasteiger partial charge in [0, 0.05) is 17.4 Å². The van der Waals surface area contributed by atoms with Crippen LogP contribution in [0.25, 0.3) is 0 Å². The standard InChI is InChI=1S/C15H21NOS/c1-2-18-14-9-7-12(8-10-14)11-16-15(17)13-5-3-4-6-13/h7-10,13H,2-6,11H2,1H3,(H,16,17). The molecule has 1 saturated carbocycles. The molecule has 0 unspecified atom stereocenters. The van der Waals surface area contributed by atoms with Gasteiger partial charge in [-0.1, -0.05) is 31.9 Å². The van der Waals surface area contributed by atoms with Crippen LogP contribution in [0.5, 0.6) is 0 Å². The fourth-order valence-electron chi connectivity index (χ4n) is 2.39. The minimum absolute atomic E-state index is 0.236. The second kappa shape index (κ2) is 6.83. The Labute approximate surface area is 114 Å². The van der Waals surface area contributed by atoms with Gasteiger partial charge in [0.05, 0.1) is 0 Å². The first-order valence-electron chi connectivity index (χ1n) is 6.79. The van der Waals surface area contributed by atoms with E-state index < -0.39 is 0 Å². The molecule has 1 aliphatic carbocycles. The number of carbonyl (C=O) groups is 1. The van der Waals surface area contributed by atoms with Gasteiger partial charge in [0.15, 0.2) is 0 Å². The van der Waals surface area contributed by atoms with Gasteiger partial charge in [-0.15, -0.1) is 11.8 Å². The van der Waals surface area contributed by atoms with Gasteiger partial charge in [-0.25, -0.2) is 0 Å². The number of nitrogens with one attached hydrogen (secondary N) is 1. The topological polar surface area (TPSA) is 29.1 Å². The average molecular weight is 263 g/mol. The van der Waals surface area contributed by atoms with Gasteiger partial charge in [-0.05, 0) is 36.3 Å². The maximum Gasteiger partial charge on any atom is 0.223 e. The van der Waals surface area contributed by atoms with E-state index in [9.17, 15) is 4.79 Å². The zero-order valence-corrected chi connectivity index (χ0v) is 11.8. The van der Waals surface area contributed by atoms with Crippen LogP contribution in [0.3, 0.4) is 0 Å². The molecule has 0 bridgehead atoms. The van der Waals surface area contributed by atoms with Crippen LogP contribution in [-0.4, -0.2) is 11.7 Å². The largest absolute Gasteiger partial charge is 0.352 e. The van der Waals surface area contributed by atoms with Crippen molar-refractivity contribution >= 4 is 17.7 Å². The van der Waals surface area contributed by atoms with Gasteiger partial charge in [-0.3, -0.25) is 4.79 Å². The third-order valence-corrected chi connectivity index (χ3v) is 4.32. The molecule has 0 atom stereocenters. The summed E-state index contributed by atoms with van der Waals surface area (Å²) in [6.07, 6.45) is 4.55. The SMILES string of the molecule is CCSc1ccc(CNC(=O)C2CCCC2)cc1. The van der Waals surface area contributed by atoms with Crippen LogP contribution in [0, 0.1) is 5.92 Å². The van der Waals surface area contributed by atoms with E-state index in [0.717, 1.165) is 18.6 Å². The fraction of sp³-hybridized carbons (Fsp3) is 0.533. The number of thioether (sulfide) groups is 1. The molecule has 2 nitrogen and oxygen atoms in total. The van der Waals surface area contributed by atoms with Crippen LogP contribution in [0.4, 0.5) is 0 Å². The Balaban J connectivity index is 1.80. The molecule has 1 aliphatic rings. The lowest BCUT2D eigenvalue weighted by Gasteiger charge is -2.10. The second-order valence-corrected chi connectivity index (χ2v) is 6.11. The first kappa shape index (κ1) is 13.5. The van der Waals surface area contributed by atoms with E-state index in [1.54, 1.807) is 0 Å². The number of carbonyl (C=O) groups excluding carboxylic acids is 1. The molecule has 98 valence electrons. The van der Waals surface area contributed by atoms with E-state index in [-0.39, 0.29) is 11.8 Å². The monoisotopic (exact) mass is 263 g/mol. The Bertz CT molecular complexity index is 382. The van der Waals surface area contributed by atoms with E-state index >= 15 is 0 Å². The first-order valence-corrected chi connectivity index (χ1v) is 7.77. The van der Waals surface area contributed by atoms with E-state index in [1.807, 2.05) is 11.8 Å². The van der Waals surface area contributed by atoms with Crippen molar-refractivity contribution in [2.45, 2.75) is 44.0 Å². The maximum atomic E-state index is 11.9. The number of rotatable bonds is 5. The minimum Gasteiger partial charge on any atom is -0.352 e. The molecular weight excluding hydrogens is 242 g/mol. The molecule has 0 spiro atoms. The summed E-state index contributed by atoms with van der Waals surface area (Å²) < 4.78 is 0. The summed E-state index contributed by atoms with van der Waals surface area (Å²) >= 11 is 1.84. The van der Waals surface area contributed by atoms with Gasteiger partial charge >= 0.3 is 0 Å². The lowest BCUT2D eigenvalue weighted by atomic mass is 10.1. The van der Waals surface area contributed by atoms with Crippen molar-refractivity contribution in [1.29, 1.82) is 0 Å². The summed E-state index contributed by atoms with van der Waals surface area (Å²) in [5.74, 6) is 1.59. The first-order chi connectivity index (χ1) is 8.79. The van der Waals surface area contributed by atoms with Crippen LogP contribution in [0.15, 0.2) is 29.2 Å². The molecule has 1 aromatic rings. The highest BCUT2D eigenvalue weighted by Gasteiger charge is 2.21. The quantitative estimate of drug-likeness (QED) is 0.822. The molecule has 0 radical (unpaired) electrons. The molecular formula is C15H21NOS. The maximum absolute atomic E-state index is 11.9. The molecule has 3 heteroatoms. The highest BCUT2D eigenvalue weighted by atomic mass is 32.2. The number of hydrogen-bond donors (Lipinski definition) is 1. The molecule has 1 aromatic carbocycles. The molecule has 1 amide bonds. The molecule has 1 fully saturated rings. The van der Waals surface area contributed by atoms with Crippen molar-refractivity contribution < 1.29 is 4.79 Å². The number of amides is 1. The molecule has 1 N–H and O–H groups in total. The Morgan fingerprint density at radius 1 is 1.28 bits per heavy atom. The summed E-state index contributed by atoms with van der Waals surface area (Å²) in [6, 6.07) is 8.47. The van der Waals surface area contributed by atoms with Gasteiger partial charge in [0.2, 0.25) is 5.91 Å². The number of hydrogen-bond acceptors (Lipinski definition) is 2. The van der Waals surface area contributed by atoms with Crippen molar-refractivity contribution in [2.75, 3.05) is 5.75 Å². The Morgan fingerprint density at radius 3 is 2.56 bits per heavy atom. The molecule has 0 aliphatic heterocycles. The summed E-state index contributed by atoms with van der Waals surface area (Å²) in [7, 11) is 0. The van der Waals surface area contributed by atoms with Crippen LogP contribution >= 0.6 is 11.8 Å². The zero-order chi connectivity index (χ0) is 12.8. The lowest BCUT2D eigenvalue weighted by Crippen LogP contribution is -2.28. The molecule has 0 heterocycles. The molecule has 0 saturated heterocycles. The van der Waals surface area contributed by atoms with Gasteiger partial charge in [-0.2, -0.15) is 0 Å². The van der Waals surface area contributed by atoms with E-state index in [0.29, 0.717) is 6.54 Å². The Morgan fingerprint density at radius 2 is 1.94 bits per heavy atom. The van der Waals surface area contributed by atoms with Gasteiger partial charge in [0.25, 0.3) is 0 Å². The molecule has 0 aromatic heterocycles. The van der Waals surface area contributed by atoms with Crippen LogP contribution in [0.2, 0.25) is 0 Å². The van der Waals surface area contributed by atoms with Gasteiger partial charge < -0.3 is 5.32 Å². The summed E-state index contributed by atoms with van der Waals surface area (Å²) in [6.45, 7) is 2.81. The third kappa shape index (κ3) is 3.77. The minimum atomic E-state index is 0.236. The summed E-state index contributed by atoms with van der Waals surface area (Å²) in [4.78, 5) is 13.2. The smallest absolute Gasteiger partial charge is 0.223 e. The van der Waals surface area contributed by atoms with Crippen molar-refractivity contribution in [3.8, 4) is 0 Å². The van der Waals surface area contributed by atoms with E-state index in [4.69, 9.17) is 0 Å². The predicted octanol–water partition coefficient (Wildman–Crippen LogP) is 3.61. The summed E-state index contributed by atoms with van der Waals surface area (Å²) in [5, 5.41) is 3.05. The Kier molecular flexibility index (Phi) is 5.12. The molecule has 2 rings (SSSR count). The van der Waals surface area contributed by atoms with Gasteiger partial charge in [0.1, 0.15) is 0 Å². The third-order valence-electron chi connectivity index (χ3n) is 3.43. The van der Waals surface area contributed by atoms with Crippen molar-refractivity contribution in [3.05, 3.63) is 29.8 Å². The highest BCUT2D eigenvalue weighted by molar-refractivity contribution is 7.99. The average Bonchev–Trinajstić information content (AvgIpc) is 2.92. The van der Waals surface area contributed by atoms with Crippen molar-refractivity contribution in [1.82, 2.24) is 5.32 Å². The van der Waals surface area contributed by atoms with E-state index in [1.165, 1.54) is 23.3 Å². The second-order valence-electron chi connectivity index (χ2n) is 4.78. The Hall–Kier alpha value is -0.960. The van der Waals surface area contributed by atoms with Crippen LogP contribution < -0.4 is 5.32 Å².